The number of rotatable bonds is 9. The van der Waals surface area contributed by atoms with Crippen LogP contribution in [0, 0.1) is 11.3 Å². The zero-order valence-corrected chi connectivity index (χ0v) is 32.0. The van der Waals surface area contributed by atoms with Gasteiger partial charge in [0.1, 0.15) is 29.4 Å². The van der Waals surface area contributed by atoms with Crippen LogP contribution < -0.4 is 20.3 Å². The van der Waals surface area contributed by atoms with Gasteiger partial charge in [-0.25, -0.2) is 18.4 Å². The molecule has 4 aliphatic rings. The van der Waals surface area contributed by atoms with Crippen molar-refractivity contribution in [2.24, 2.45) is 11.3 Å². The molecule has 3 fully saturated rings. The van der Waals surface area contributed by atoms with Crippen molar-refractivity contribution in [1.82, 2.24) is 30.4 Å². The van der Waals surface area contributed by atoms with Gasteiger partial charge in [-0.2, -0.15) is 5.48 Å². The zero-order valence-electron chi connectivity index (χ0n) is 30.4. The number of aromatic nitrogens is 2. The Kier molecular flexibility index (Phi) is 10.6. The van der Waals surface area contributed by atoms with E-state index < -0.39 is 50.8 Å². The van der Waals surface area contributed by atoms with E-state index in [1.165, 1.54) is 16.2 Å². The number of sulfonamides is 1. The summed E-state index contributed by atoms with van der Waals surface area (Å²) < 4.78 is 34.5. The molecule has 2 saturated carbocycles. The Hall–Kier alpha value is -3.92. The largest absolute Gasteiger partial charge is 0.471 e. The molecule has 0 spiro atoms. The van der Waals surface area contributed by atoms with Gasteiger partial charge >= 0.3 is 0 Å². The van der Waals surface area contributed by atoms with Gasteiger partial charge in [-0.1, -0.05) is 64.0 Å². The molecule has 2 aliphatic carbocycles. The van der Waals surface area contributed by atoms with Gasteiger partial charge in [-0.05, 0) is 67.5 Å². The first-order chi connectivity index (χ1) is 25.3. The van der Waals surface area contributed by atoms with Crippen LogP contribution in [0.3, 0.4) is 0 Å². The Balaban J connectivity index is 1.20. The summed E-state index contributed by atoms with van der Waals surface area (Å²) >= 11 is 1.50. The van der Waals surface area contributed by atoms with Crippen LogP contribution in [0.15, 0.2) is 53.9 Å². The van der Waals surface area contributed by atoms with Crippen LogP contribution in [0.25, 0.3) is 21.6 Å². The highest BCUT2D eigenvalue weighted by Crippen LogP contribution is 2.46. The number of benzene rings is 1. The fourth-order valence-electron chi connectivity index (χ4n) is 6.98. The number of nitrogens with one attached hydrogen (secondary N) is 3. The van der Waals surface area contributed by atoms with E-state index in [0.717, 1.165) is 30.6 Å². The number of hydroxylamine groups is 1. The number of allylic oxidation sites excluding steroid dienone is 1. The topological polar surface area (TPSA) is 169 Å². The molecule has 1 saturated heterocycles. The second-order valence-corrected chi connectivity index (χ2v) is 18.8. The van der Waals surface area contributed by atoms with Crippen LogP contribution in [-0.4, -0.2) is 83.1 Å². The van der Waals surface area contributed by atoms with Crippen molar-refractivity contribution >= 4 is 50.1 Å². The Labute approximate surface area is 314 Å². The molecule has 4 heterocycles. The highest BCUT2D eigenvalue weighted by molar-refractivity contribution is 7.91. The van der Waals surface area contributed by atoms with Gasteiger partial charge in [-0.15, -0.1) is 11.3 Å². The molecular weight excluding hydrogens is 717 g/mol. The Bertz CT molecular complexity index is 1980. The van der Waals surface area contributed by atoms with E-state index in [2.05, 4.69) is 15.5 Å². The summed E-state index contributed by atoms with van der Waals surface area (Å²) in [4.78, 5) is 60.6. The van der Waals surface area contributed by atoms with Crippen LogP contribution >= 0.6 is 11.3 Å². The molecule has 3 amide bonds. The maximum atomic E-state index is 14.5. The summed E-state index contributed by atoms with van der Waals surface area (Å²) in [5.41, 5.74) is 3.33. The Morgan fingerprint density at radius 3 is 2.55 bits per heavy atom. The third kappa shape index (κ3) is 8.58. The Morgan fingerprint density at radius 2 is 1.83 bits per heavy atom. The minimum absolute atomic E-state index is 0.0747. The van der Waals surface area contributed by atoms with Gasteiger partial charge in [0, 0.05) is 12.3 Å². The smallest absolute Gasteiger partial charge is 0.259 e. The second kappa shape index (κ2) is 15.1. The molecule has 7 rings (SSSR count). The molecule has 0 bridgehead atoms. The summed E-state index contributed by atoms with van der Waals surface area (Å²) in [5, 5.41) is 4.28. The molecule has 3 aromatic rings. The van der Waals surface area contributed by atoms with Crippen molar-refractivity contribution < 1.29 is 32.4 Å². The number of carbonyl (C=O) groups excluding carboxylic acids is 3. The maximum absolute atomic E-state index is 14.5. The monoisotopic (exact) mass is 764 g/mol. The first-order valence-corrected chi connectivity index (χ1v) is 21.0. The summed E-state index contributed by atoms with van der Waals surface area (Å²) in [6.45, 7) is 6.56. The lowest BCUT2D eigenvalue weighted by atomic mass is 9.99. The third-order valence-electron chi connectivity index (χ3n) is 10.1. The molecule has 13 nitrogen and oxygen atoms in total. The average Bonchev–Trinajstić information content (AvgIpc) is 3.97. The van der Waals surface area contributed by atoms with E-state index in [0.29, 0.717) is 48.5 Å². The van der Waals surface area contributed by atoms with Gasteiger partial charge in [0.05, 0.1) is 34.3 Å². The number of ether oxygens (including phenoxy) is 1. The highest BCUT2D eigenvalue weighted by Gasteiger charge is 2.62. The fourth-order valence-corrected chi connectivity index (χ4v) is 9.05. The number of para-hydroxylation sites is 2. The molecule has 15 heteroatoms. The summed E-state index contributed by atoms with van der Waals surface area (Å²) in [6.07, 6.45) is 8.36. The van der Waals surface area contributed by atoms with E-state index in [-0.39, 0.29) is 36.6 Å². The van der Waals surface area contributed by atoms with E-state index >= 15 is 0 Å². The number of hydrogen-bond donors (Lipinski definition) is 3. The number of amides is 3. The standard InChI is InChI=1S/C38H48N6O7S2/c1-37(2,3)23-50-42-29-15-8-6-4-5-7-12-24-21-38(24,36(47)43-53(48,49)26-17-18-26)41-33(45)30-20-25(22-44(30)35(29)46)51-34-32(31-16-11-19-52-31)39-27-13-9-10-14-28(27)40-34/h7,9-14,16,19,24-26,29-30,42H,4-6,8,15,17-18,20-23H2,1-3H3,(H,41,45)(H,43,47)/b12-7-/t24-,25-,29+,30?,38-/m1/s1. The third-order valence-corrected chi connectivity index (χ3v) is 12.8. The molecule has 3 N–H and O–H groups in total. The molecule has 2 aliphatic heterocycles. The molecule has 284 valence electrons. The lowest BCUT2D eigenvalue weighted by molar-refractivity contribution is -0.145. The van der Waals surface area contributed by atoms with Crippen LogP contribution in [-0.2, 0) is 29.2 Å². The SMILES string of the molecule is CC(C)(C)CON[C@H]1CCCCC/C=C\[C@@H]2C[C@@]2(C(=O)NS(=O)(=O)C2CC2)NC(=O)C2C[C@@H](Oc3nc4ccccc4nc3-c3cccs3)CN2C1=O. The molecule has 0 radical (unpaired) electrons. The van der Waals surface area contributed by atoms with Crippen molar-refractivity contribution in [2.75, 3.05) is 13.2 Å². The van der Waals surface area contributed by atoms with Crippen molar-refractivity contribution in [2.45, 2.75) is 108 Å². The van der Waals surface area contributed by atoms with Crippen molar-refractivity contribution in [3.63, 3.8) is 0 Å². The van der Waals surface area contributed by atoms with Gasteiger partial charge in [0.15, 0.2) is 0 Å². The number of thiophene rings is 1. The molecule has 2 aromatic heterocycles. The minimum atomic E-state index is -3.86. The van der Waals surface area contributed by atoms with Gasteiger partial charge in [0.25, 0.3) is 5.91 Å². The normalized spacial score (nSPS) is 27.6. The summed E-state index contributed by atoms with van der Waals surface area (Å²) in [7, 11) is -3.86. The van der Waals surface area contributed by atoms with Crippen LogP contribution in [0.2, 0.25) is 0 Å². The maximum Gasteiger partial charge on any atom is 0.259 e. The lowest BCUT2D eigenvalue weighted by Gasteiger charge is -2.30. The molecule has 1 aromatic carbocycles. The number of hydrogen-bond acceptors (Lipinski definition) is 11. The van der Waals surface area contributed by atoms with E-state index in [1.54, 1.807) is 0 Å². The number of nitrogens with zero attached hydrogens (tertiary/aromatic N) is 3. The van der Waals surface area contributed by atoms with E-state index in [4.69, 9.17) is 19.5 Å². The van der Waals surface area contributed by atoms with Crippen LogP contribution in [0.1, 0.15) is 78.6 Å². The van der Waals surface area contributed by atoms with Crippen molar-refractivity contribution in [3.05, 3.63) is 53.9 Å². The first kappa shape index (κ1) is 37.4. The Morgan fingerprint density at radius 1 is 1.06 bits per heavy atom. The first-order valence-electron chi connectivity index (χ1n) is 18.5. The summed E-state index contributed by atoms with van der Waals surface area (Å²) in [5.74, 6) is -1.70. The minimum Gasteiger partial charge on any atom is -0.471 e. The van der Waals surface area contributed by atoms with Crippen molar-refractivity contribution in [1.29, 1.82) is 0 Å². The highest BCUT2D eigenvalue weighted by atomic mass is 32.2. The quantitative estimate of drug-likeness (QED) is 0.206. The molecular formula is C38H48N6O7S2. The number of carbonyl (C=O) groups is 3. The van der Waals surface area contributed by atoms with Gasteiger partial charge < -0.3 is 19.8 Å². The average molecular weight is 765 g/mol. The number of fused-ring (bicyclic) bond motifs is 3. The van der Waals surface area contributed by atoms with Crippen molar-refractivity contribution in [3.8, 4) is 16.5 Å². The molecule has 5 atom stereocenters. The second-order valence-electron chi connectivity index (χ2n) is 15.9. The van der Waals surface area contributed by atoms with Gasteiger partial charge in [-0.3, -0.25) is 19.1 Å². The van der Waals surface area contributed by atoms with E-state index in [1.807, 2.05) is 74.7 Å². The lowest BCUT2D eigenvalue weighted by Crippen LogP contribution is -2.58. The predicted octanol–water partition coefficient (Wildman–Crippen LogP) is 4.65. The molecule has 53 heavy (non-hydrogen) atoms. The van der Waals surface area contributed by atoms with Crippen LogP contribution in [0.5, 0.6) is 5.88 Å². The predicted molar refractivity (Wildman–Crippen MR) is 201 cm³/mol. The van der Waals surface area contributed by atoms with E-state index in [9.17, 15) is 22.8 Å². The van der Waals surface area contributed by atoms with Crippen LogP contribution in [0.4, 0.5) is 0 Å². The fraction of sp³-hybridized carbons (Fsp3) is 0.553. The van der Waals surface area contributed by atoms with Gasteiger partial charge in [0.2, 0.25) is 27.7 Å². The molecule has 1 unspecified atom stereocenters. The summed E-state index contributed by atoms with van der Waals surface area (Å²) in [6, 6.07) is 9.62. The zero-order chi connectivity index (χ0) is 37.4.